The van der Waals surface area contributed by atoms with Crippen LogP contribution >= 0.6 is 0 Å². The lowest BCUT2D eigenvalue weighted by Gasteiger charge is -2.18. The summed E-state index contributed by atoms with van der Waals surface area (Å²) in [6.07, 6.45) is 6.45. The Balaban J connectivity index is 2.23. The number of para-hydroxylation sites is 1. The van der Waals surface area contributed by atoms with E-state index in [2.05, 4.69) is 6.92 Å². The topological polar surface area (TPSA) is 37.4 Å². The molecule has 0 saturated carbocycles. The molecule has 0 bridgehead atoms. The maximum Gasteiger partial charge on any atom is 0.261 e. The van der Waals surface area contributed by atoms with Crippen molar-refractivity contribution in [2.24, 2.45) is 0 Å². The van der Waals surface area contributed by atoms with Crippen LogP contribution < -0.4 is 4.90 Å². The lowest BCUT2D eigenvalue weighted by atomic mass is 10.1. The Morgan fingerprint density at radius 2 is 1.81 bits per heavy atom. The second kappa shape index (κ2) is 6.70. The Labute approximate surface area is 126 Å². The Bertz CT molecular complexity index is 567. The SMILES string of the molecule is CCCCCC=C1CC(=O)N(c2c(C)cccc2C)C1=O. The molecule has 1 heterocycles. The van der Waals surface area contributed by atoms with Gasteiger partial charge in [-0.15, -0.1) is 0 Å². The zero-order chi connectivity index (χ0) is 15.4. The number of carbonyl (C=O) groups is 2. The zero-order valence-corrected chi connectivity index (χ0v) is 13.1. The number of allylic oxidation sites excluding steroid dienone is 1. The van der Waals surface area contributed by atoms with Crippen LogP contribution in [0.4, 0.5) is 5.69 Å². The maximum absolute atomic E-state index is 12.5. The second-order valence-electron chi connectivity index (χ2n) is 5.68. The predicted molar refractivity (Wildman–Crippen MR) is 85.3 cm³/mol. The fourth-order valence-electron chi connectivity index (χ4n) is 2.79. The van der Waals surface area contributed by atoms with E-state index in [0.29, 0.717) is 5.57 Å². The number of nitrogens with zero attached hydrogens (tertiary/aromatic N) is 1. The standard InChI is InChI=1S/C18H23NO2/c1-4-5-6-7-11-15-12-16(20)19(18(15)21)17-13(2)9-8-10-14(17)3/h8-11H,4-7,12H2,1-3H3. The van der Waals surface area contributed by atoms with Crippen LogP contribution in [-0.4, -0.2) is 11.8 Å². The quantitative estimate of drug-likeness (QED) is 0.464. The van der Waals surface area contributed by atoms with Crippen molar-refractivity contribution in [3.63, 3.8) is 0 Å². The maximum atomic E-state index is 12.5. The van der Waals surface area contributed by atoms with Crippen molar-refractivity contribution in [1.29, 1.82) is 0 Å². The number of rotatable bonds is 5. The number of anilines is 1. The normalized spacial score (nSPS) is 17.1. The van der Waals surface area contributed by atoms with Crippen LogP contribution in [0.2, 0.25) is 0 Å². The first-order chi connectivity index (χ1) is 10.1. The third kappa shape index (κ3) is 3.23. The van der Waals surface area contributed by atoms with Crippen molar-refractivity contribution < 1.29 is 9.59 Å². The molecular formula is C18H23NO2. The summed E-state index contributed by atoms with van der Waals surface area (Å²) in [5.41, 5.74) is 3.33. The molecular weight excluding hydrogens is 262 g/mol. The summed E-state index contributed by atoms with van der Waals surface area (Å²) >= 11 is 0. The highest BCUT2D eigenvalue weighted by molar-refractivity contribution is 6.28. The van der Waals surface area contributed by atoms with E-state index in [0.717, 1.165) is 42.5 Å². The molecule has 0 radical (unpaired) electrons. The smallest absolute Gasteiger partial charge is 0.261 e. The highest BCUT2D eigenvalue weighted by Crippen LogP contribution is 2.31. The lowest BCUT2D eigenvalue weighted by molar-refractivity contribution is -0.120. The van der Waals surface area contributed by atoms with Gasteiger partial charge in [-0.2, -0.15) is 0 Å². The monoisotopic (exact) mass is 285 g/mol. The van der Waals surface area contributed by atoms with Gasteiger partial charge in [0.1, 0.15) is 0 Å². The summed E-state index contributed by atoms with van der Waals surface area (Å²) in [6.45, 7) is 6.03. The molecule has 0 unspecified atom stereocenters. The van der Waals surface area contributed by atoms with Crippen molar-refractivity contribution in [3.8, 4) is 0 Å². The molecule has 1 aliphatic heterocycles. The van der Waals surface area contributed by atoms with E-state index in [1.807, 2.05) is 38.1 Å². The highest BCUT2D eigenvalue weighted by Gasteiger charge is 2.36. The van der Waals surface area contributed by atoms with Crippen LogP contribution in [0.25, 0.3) is 0 Å². The minimum atomic E-state index is -0.145. The van der Waals surface area contributed by atoms with E-state index in [1.165, 1.54) is 4.90 Å². The lowest BCUT2D eigenvalue weighted by Crippen LogP contribution is -2.30. The minimum Gasteiger partial charge on any atom is -0.274 e. The van der Waals surface area contributed by atoms with Crippen molar-refractivity contribution in [3.05, 3.63) is 41.0 Å². The number of carbonyl (C=O) groups excluding carboxylic acids is 2. The summed E-state index contributed by atoms with van der Waals surface area (Å²) < 4.78 is 0. The van der Waals surface area contributed by atoms with Crippen LogP contribution in [0.1, 0.15) is 50.2 Å². The fourth-order valence-corrected chi connectivity index (χ4v) is 2.79. The van der Waals surface area contributed by atoms with Crippen molar-refractivity contribution in [2.75, 3.05) is 4.90 Å². The molecule has 1 fully saturated rings. The average Bonchev–Trinajstić information content (AvgIpc) is 2.71. The number of unbranched alkanes of at least 4 members (excludes halogenated alkanes) is 3. The van der Waals surface area contributed by atoms with E-state index < -0.39 is 0 Å². The van der Waals surface area contributed by atoms with Crippen LogP contribution in [0.5, 0.6) is 0 Å². The molecule has 21 heavy (non-hydrogen) atoms. The number of hydrogen-bond acceptors (Lipinski definition) is 2. The third-order valence-electron chi connectivity index (χ3n) is 3.93. The summed E-state index contributed by atoms with van der Waals surface area (Å²) in [6, 6.07) is 5.82. The van der Waals surface area contributed by atoms with E-state index in [-0.39, 0.29) is 18.2 Å². The number of amides is 2. The summed E-state index contributed by atoms with van der Waals surface area (Å²) in [7, 11) is 0. The molecule has 112 valence electrons. The molecule has 0 spiro atoms. The molecule has 1 saturated heterocycles. The van der Waals surface area contributed by atoms with Gasteiger partial charge in [0, 0.05) is 5.57 Å². The first-order valence-corrected chi connectivity index (χ1v) is 7.68. The van der Waals surface area contributed by atoms with Gasteiger partial charge >= 0.3 is 0 Å². The summed E-state index contributed by atoms with van der Waals surface area (Å²) in [4.78, 5) is 26.1. The van der Waals surface area contributed by atoms with E-state index in [4.69, 9.17) is 0 Å². The molecule has 2 amide bonds. The van der Waals surface area contributed by atoms with Gasteiger partial charge in [-0.1, -0.05) is 44.0 Å². The molecule has 0 N–H and O–H groups in total. The molecule has 1 aliphatic rings. The molecule has 3 nitrogen and oxygen atoms in total. The number of hydrogen-bond donors (Lipinski definition) is 0. The van der Waals surface area contributed by atoms with E-state index >= 15 is 0 Å². The Morgan fingerprint density at radius 1 is 1.14 bits per heavy atom. The van der Waals surface area contributed by atoms with E-state index in [1.54, 1.807) is 0 Å². The molecule has 2 rings (SSSR count). The van der Waals surface area contributed by atoms with Crippen molar-refractivity contribution >= 4 is 17.5 Å². The molecule has 0 aromatic heterocycles. The molecule has 1 aromatic rings. The summed E-state index contributed by atoms with van der Waals surface area (Å²) in [5.74, 6) is -0.256. The molecule has 0 atom stereocenters. The molecule has 1 aromatic carbocycles. The second-order valence-corrected chi connectivity index (χ2v) is 5.68. The van der Waals surface area contributed by atoms with Crippen molar-refractivity contribution in [2.45, 2.75) is 52.9 Å². The zero-order valence-electron chi connectivity index (χ0n) is 13.1. The Kier molecular flexibility index (Phi) is 4.94. The van der Waals surface area contributed by atoms with Crippen LogP contribution in [0.15, 0.2) is 29.8 Å². The first-order valence-electron chi connectivity index (χ1n) is 7.68. The third-order valence-corrected chi connectivity index (χ3v) is 3.93. The highest BCUT2D eigenvalue weighted by atomic mass is 16.2. The number of imide groups is 1. The van der Waals surface area contributed by atoms with Crippen LogP contribution in [0.3, 0.4) is 0 Å². The first kappa shape index (κ1) is 15.5. The van der Waals surface area contributed by atoms with Gasteiger partial charge in [-0.3, -0.25) is 9.59 Å². The predicted octanol–water partition coefficient (Wildman–Crippen LogP) is 4.07. The summed E-state index contributed by atoms with van der Waals surface area (Å²) in [5, 5.41) is 0. The van der Waals surface area contributed by atoms with Crippen LogP contribution in [-0.2, 0) is 9.59 Å². The van der Waals surface area contributed by atoms with Gasteiger partial charge in [0.2, 0.25) is 5.91 Å². The average molecular weight is 285 g/mol. The van der Waals surface area contributed by atoms with Gasteiger partial charge in [0.25, 0.3) is 5.91 Å². The van der Waals surface area contributed by atoms with Gasteiger partial charge in [0.15, 0.2) is 0 Å². The van der Waals surface area contributed by atoms with Gasteiger partial charge in [-0.05, 0) is 37.8 Å². The van der Waals surface area contributed by atoms with E-state index in [9.17, 15) is 9.59 Å². The van der Waals surface area contributed by atoms with Gasteiger partial charge in [0.05, 0.1) is 12.1 Å². The molecule has 3 heteroatoms. The van der Waals surface area contributed by atoms with Crippen molar-refractivity contribution in [1.82, 2.24) is 0 Å². The van der Waals surface area contributed by atoms with Gasteiger partial charge < -0.3 is 0 Å². The van der Waals surface area contributed by atoms with Crippen LogP contribution in [0, 0.1) is 13.8 Å². The Hall–Kier alpha value is -1.90. The minimum absolute atomic E-state index is 0.112. The molecule has 0 aliphatic carbocycles. The Morgan fingerprint density at radius 3 is 2.43 bits per heavy atom. The number of benzene rings is 1. The van der Waals surface area contributed by atoms with Gasteiger partial charge in [-0.25, -0.2) is 4.90 Å². The fraction of sp³-hybridized carbons (Fsp3) is 0.444. The largest absolute Gasteiger partial charge is 0.274 e. The number of aryl methyl sites for hydroxylation is 2.